The molecule has 0 saturated heterocycles. The van der Waals surface area contributed by atoms with E-state index in [9.17, 15) is 5.11 Å². The summed E-state index contributed by atoms with van der Waals surface area (Å²) in [6.07, 6.45) is 3.59. The quantitative estimate of drug-likeness (QED) is 0.818. The number of benzene rings is 1. The third-order valence-corrected chi connectivity index (χ3v) is 3.85. The fraction of sp³-hybridized carbons (Fsp3) is 0.267. The highest BCUT2D eigenvalue weighted by Gasteiger charge is 2.25. The first-order chi connectivity index (χ1) is 9.15. The largest absolute Gasteiger partial charge is 0.508 e. The number of aromatic nitrogens is 1. The fourth-order valence-electron chi connectivity index (χ4n) is 2.63. The van der Waals surface area contributed by atoms with Gasteiger partial charge in [-0.1, -0.05) is 23.7 Å². The number of aryl methyl sites for hydroxylation is 1. The number of pyridine rings is 1. The zero-order chi connectivity index (χ0) is 13.4. The molecule has 4 heteroatoms. The Bertz CT molecular complexity index is 628. The second-order valence-electron chi connectivity index (χ2n) is 4.93. The normalized spacial score (nSPS) is 17.3. The van der Waals surface area contributed by atoms with E-state index in [0.29, 0.717) is 10.9 Å². The average molecular weight is 275 g/mol. The minimum atomic E-state index is 0.184. The summed E-state index contributed by atoms with van der Waals surface area (Å²) in [5, 5.41) is 13.8. The number of phenolic OH excluding ortho intramolecular Hbond substituents is 1. The van der Waals surface area contributed by atoms with Crippen LogP contribution in [0.3, 0.4) is 0 Å². The molecule has 1 aliphatic rings. The lowest BCUT2D eigenvalue weighted by molar-refractivity contribution is 0.469. The fourth-order valence-corrected chi connectivity index (χ4v) is 2.78. The zero-order valence-corrected chi connectivity index (χ0v) is 11.4. The van der Waals surface area contributed by atoms with Crippen LogP contribution < -0.4 is 5.32 Å². The molecule has 2 N–H and O–H groups in total. The number of phenols is 1. The zero-order valence-electron chi connectivity index (χ0n) is 10.7. The molecule has 0 amide bonds. The number of hydrogen-bond acceptors (Lipinski definition) is 3. The molecule has 0 bridgehead atoms. The van der Waals surface area contributed by atoms with Gasteiger partial charge in [0.25, 0.3) is 0 Å². The second-order valence-corrected chi connectivity index (χ2v) is 5.29. The van der Waals surface area contributed by atoms with Crippen molar-refractivity contribution in [3.8, 4) is 5.75 Å². The predicted octanol–water partition coefficient (Wildman–Crippen LogP) is 3.85. The molecule has 1 aromatic heterocycles. The monoisotopic (exact) mass is 274 g/mol. The highest BCUT2D eigenvalue weighted by molar-refractivity contribution is 6.32. The lowest BCUT2D eigenvalue weighted by atomic mass is 10.1. The Hall–Kier alpha value is -1.74. The molecule has 0 fully saturated rings. The summed E-state index contributed by atoms with van der Waals surface area (Å²) in [7, 11) is 0. The maximum atomic E-state index is 9.85. The second kappa shape index (κ2) is 4.74. The number of halogens is 1. The minimum Gasteiger partial charge on any atom is -0.508 e. The molecule has 0 spiro atoms. The Balaban J connectivity index is 1.91. The first-order valence-electron chi connectivity index (χ1n) is 6.34. The van der Waals surface area contributed by atoms with Crippen LogP contribution >= 0.6 is 11.6 Å². The molecule has 3 nitrogen and oxygen atoms in total. The summed E-state index contributed by atoms with van der Waals surface area (Å²) < 4.78 is 0. The summed E-state index contributed by atoms with van der Waals surface area (Å²) in [6, 6.07) is 7.85. The Morgan fingerprint density at radius 1 is 1.42 bits per heavy atom. The van der Waals surface area contributed by atoms with E-state index in [1.807, 2.05) is 19.1 Å². The van der Waals surface area contributed by atoms with Crippen molar-refractivity contribution in [1.29, 1.82) is 0 Å². The van der Waals surface area contributed by atoms with Crippen molar-refractivity contribution >= 4 is 17.3 Å². The van der Waals surface area contributed by atoms with Crippen molar-refractivity contribution in [1.82, 2.24) is 4.98 Å². The van der Waals surface area contributed by atoms with E-state index in [1.54, 1.807) is 12.3 Å². The average Bonchev–Trinajstić information content (AvgIpc) is 2.79. The molecule has 1 unspecified atom stereocenters. The number of nitrogens with one attached hydrogen (secondary N) is 1. The van der Waals surface area contributed by atoms with Crippen LogP contribution in [-0.2, 0) is 6.42 Å². The molecule has 1 atom stereocenters. The number of aromatic hydroxyl groups is 1. The molecule has 1 aromatic carbocycles. The lowest BCUT2D eigenvalue weighted by Crippen LogP contribution is -2.08. The Labute approximate surface area is 117 Å². The van der Waals surface area contributed by atoms with Crippen LogP contribution in [0.1, 0.15) is 29.2 Å². The number of anilines is 1. The smallest absolute Gasteiger partial charge is 0.152 e. The van der Waals surface area contributed by atoms with Crippen molar-refractivity contribution < 1.29 is 5.11 Å². The summed E-state index contributed by atoms with van der Waals surface area (Å²) >= 11 is 6.11. The SMILES string of the molecule is Cc1cnc(Cl)c(NC2CCc3c(O)cccc32)c1. The first kappa shape index (κ1) is 12.3. The first-order valence-corrected chi connectivity index (χ1v) is 6.72. The highest BCUT2D eigenvalue weighted by Crippen LogP contribution is 2.39. The van der Waals surface area contributed by atoms with Crippen molar-refractivity contribution in [2.24, 2.45) is 0 Å². The van der Waals surface area contributed by atoms with Gasteiger partial charge in [0.2, 0.25) is 0 Å². The maximum absolute atomic E-state index is 9.85. The van der Waals surface area contributed by atoms with Gasteiger partial charge in [0, 0.05) is 6.20 Å². The third kappa shape index (κ3) is 2.26. The molecule has 98 valence electrons. The molecule has 1 aliphatic carbocycles. The molecule has 19 heavy (non-hydrogen) atoms. The van der Waals surface area contributed by atoms with Crippen LogP contribution in [-0.4, -0.2) is 10.1 Å². The van der Waals surface area contributed by atoms with Crippen LogP contribution in [0.5, 0.6) is 5.75 Å². The van der Waals surface area contributed by atoms with E-state index in [1.165, 1.54) is 0 Å². The molecular weight excluding hydrogens is 260 g/mol. The van der Waals surface area contributed by atoms with Gasteiger partial charge in [0.15, 0.2) is 5.15 Å². The Morgan fingerprint density at radius 2 is 2.26 bits per heavy atom. The van der Waals surface area contributed by atoms with Crippen molar-refractivity contribution in [3.63, 3.8) is 0 Å². The summed E-state index contributed by atoms with van der Waals surface area (Å²) in [5.74, 6) is 0.385. The molecular formula is C15H15ClN2O. The van der Waals surface area contributed by atoms with E-state index >= 15 is 0 Å². The molecule has 3 rings (SSSR count). The van der Waals surface area contributed by atoms with Gasteiger partial charge in [-0.2, -0.15) is 0 Å². The molecule has 2 aromatic rings. The van der Waals surface area contributed by atoms with Crippen molar-refractivity contribution in [3.05, 3.63) is 52.3 Å². The lowest BCUT2D eigenvalue weighted by Gasteiger charge is -2.16. The topological polar surface area (TPSA) is 45.2 Å². The van der Waals surface area contributed by atoms with E-state index in [-0.39, 0.29) is 6.04 Å². The number of nitrogens with zero attached hydrogens (tertiary/aromatic N) is 1. The van der Waals surface area contributed by atoms with Gasteiger partial charge in [-0.15, -0.1) is 0 Å². The van der Waals surface area contributed by atoms with Gasteiger partial charge in [-0.25, -0.2) is 4.98 Å². The summed E-state index contributed by atoms with van der Waals surface area (Å²) in [5.41, 5.74) is 4.11. The van der Waals surface area contributed by atoms with Gasteiger partial charge >= 0.3 is 0 Å². The Kier molecular flexibility index (Phi) is 3.07. The standard InChI is InChI=1S/C15H15ClN2O/c1-9-7-13(15(16)17-8-9)18-12-6-5-11-10(12)3-2-4-14(11)19/h2-4,7-8,12,18-19H,5-6H2,1H3. The van der Waals surface area contributed by atoms with Crippen LogP contribution in [0.4, 0.5) is 5.69 Å². The Morgan fingerprint density at radius 3 is 3.11 bits per heavy atom. The van der Waals surface area contributed by atoms with E-state index < -0.39 is 0 Å². The van der Waals surface area contributed by atoms with Gasteiger partial charge in [0.05, 0.1) is 11.7 Å². The van der Waals surface area contributed by atoms with Gasteiger partial charge in [-0.05, 0) is 48.6 Å². The van der Waals surface area contributed by atoms with Crippen LogP contribution in [0.25, 0.3) is 0 Å². The van der Waals surface area contributed by atoms with Gasteiger partial charge < -0.3 is 10.4 Å². The maximum Gasteiger partial charge on any atom is 0.152 e. The van der Waals surface area contributed by atoms with Crippen LogP contribution in [0.15, 0.2) is 30.5 Å². The third-order valence-electron chi connectivity index (χ3n) is 3.55. The van der Waals surface area contributed by atoms with Gasteiger partial charge in [0.1, 0.15) is 5.75 Å². The summed E-state index contributed by atoms with van der Waals surface area (Å²) in [4.78, 5) is 4.15. The van der Waals surface area contributed by atoms with E-state index in [0.717, 1.165) is 35.2 Å². The minimum absolute atomic E-state index is 0.184. The predicted molar refractivity (Wildman–Crippen MR) is 76.8 cm³/mol. The van der Waals surface area contributed by atoms with Crippen LogP contribution in [0, 0.1) is 6.92 Å². The van der Waals surface area contributed by atoms with Crippen molar-refractivity contribution in [2.45, 2.75) is 25.8 Å². The van der Waals surface area contributed by atoms with E-state index in [4.69, 9.17) is 11.6 Å². The van der Waals surface area contributed by atoms with Gasteiger partial charge in [-0.3, -0.25) is 0 Å². The van der Waals surface area contributed by atoms with Crippen molar-refractivity contribution in [2.75, 3.05) is 5.32 Å². The van der Waals surface area contributed by atoms with E-state index in [2.05, 4.69) is 16.4 Å². The molecule has 0 aliphatic heterocycles. The summed E-state index contributed by atoms with van der Waals surface area (Å²) in [6.45, 7) is 1.99. The number of rotatable bonds is 2. The highest BCUT2D eigenvalue weighted by atomic mass is 35.5. The number of fused-ring (bicyclic) bond motifs is 1. The molecule has 0 radical (unpaired) electrons. The molecule has 1 heterocycles. The number of hydrogen-bond donors (Lipinski definition) is 2. The molecule has 0 saturated carbocycles. The van der Waals surface area contributed by atoms with Crippen LogP contribution in [0.2, 0.25) is 5.15 Å².